The number of aliphatic imine (C=N–C) groups is 1. The van der Waals surface area contributed by atoms with Gasteiger partial charge in [-0.25, -0.2) is 8.42 Å². The normalized spacial score (nSPS) is 26.6. The van der Waals surface area contributed by atoms with Gasteiger partial charge >= 0.3 is 0 Å². The van der Waals surface area contributed by atoms with Gasteiger partial charge in [-0.05, 0) is 31.2 Å². The number of anilines is 1. The van der Waals surface area contributed by atoms with Gasteiger partial charge in [0.05, 0.1) is 24.2 Å². The fourth-order valence-electron chi connectivity index (χ4n) is 2.87. The molecule has 2 fully saturated rings. The van der Waals surface area contributed by atoms with Crippen LogP contribution >= 0.6 is 23.4 Å². The number of nitrogens with zero attached hydrogens (tertiary/aromatic N) is 2. The van der Waals surface area contributed by atoms with Gasteiger partial charge in [-0.2, -0.15) is 4.99 Å². The van der Waals surface area contributed by atoms with E-state index in [0.29, 0.717) is 11.8 Å². The topological polar surface area (TPSA) is 76.0 Å². The van der Waals surface area contributed by atoms with Crippen LogP contribution < -0.4 is 9.64 Å². The second-order valence-corrected chi connectivity index (χ2v) is 9.15. The van der Waals surface area contributed by atoms with Crippen molar-refractivity contribution in [3.05, 3.63) is 24.3 Å². The van der Waals surface area contributed by atoms with Gasteiger partial charge in [0.2, 0.25) is 0 Å². The molecule has 0 aliphatic carbocycles. The molecule has 1 amide bonds. The van der Waals surface area contributed by atoms with E-state index in [9.17, 15) is 13.2 Å². The third-order valence-electron chi connectivity index (χ3n) is 3.83. The molecule has 2 heterocycles. The number of ether oxygens (including phenoxy) is 1. The Morgan fingerprint density at radius 1 is 1.38 bits per heavy atom. The monoisotopic (exact) mass is 388 g/mol. The maximum absolute atomic E-state index is 12.0. The first-order valence-corrected chi connectivity index (χ1v) is 10.7. The molecule has 2 saturated heterocycles. The number of fused-ring (bicyclic) bond motifs is 1. The number of carbonyl (C=O) groups excluding carboxylic acids is 1. The number of amides is 1. The average molecular weight is 389 g/mol. The Hall–Kier alpha value is -1.25. The zero-order chi connectivity index (χ0) is 17.3. The summed E-state index contributed by atoms with van der Waals surface area (Å²) in [6.45, 7) is 2.47. The van der Waals surface area contributed by atoms with Gasteiger partial charge in [0, 0.05) is 10.9 Å². The van der Waals surface area contributed by atoms with Crippen LogP contribution in [0.2, 0.25) is 0 Å². The minimum atomic E-state index is -3.07. The summed E-state index contributed by atoms with van der Waals surface area (Å²) in [5.74, 6) is 0.266. The quantitative estimate of drug-likeness (QED) is 0.733. The lowest BCUT2D eigenvalue weighted by Gasteiger charge is -2.24. The first-order chi connectivity index (χ1) is 11.4. The van der Waals surface area contributed by atoms with Crippen molar-refractivity contribution >= 4 is 50.0 Å². The summed E-state index contributed by atoms with van der Waals surface area (Å²) < 4.78 is 29.3. The first kappa shape index (κ1) is 17.6. The third kappa shape index (κ3) is 3.55. The highest BCUT2D eigenvalue weighted by Crippen LogP contribution is 2.41. The molecule has 0 N–H and O–H groups in total. The first-order valence-electron chi connectivity index (χ1n) is 7.50. The second-order valence-electron chi connectivity index (χ2n) is 5.52. The average Bonchev–Trinajstić information content (AvgIpc) is 2.99. The highest BCUT2D eigenvalue weighted by Gasteiger charge is 2.49. The van der Waals surface area contributed by atoms with Crippen LogP contribution in [0.4, 0.5) is 5.69 Å². The summed E-state index contributed by atoms with van der Waals surface area (Å²) in [4.78, 5) is 17.5. The van der Waals surface area contributed by atoms with Crippen molar-refractivity contribution in [1.82, 2.24) is 0 Å². The molecule has 0 spiro atoms. The molecule has 1 aromatic carbocycles. The number of amidine groups is 1. The summed E-state index contributed by atoms with van der Waals surface area (Å²) in [6.07, 6.45) is 0. The van der Waals surface area contributed by atoms with Gasteiger partial charge in [-0.3, -0.25) is 4.79 Å². The Bertz CT molecular complexity index is 764. The molecule has 0 bridgehead atoms. The van der Waals surface area contributed by atoms with E-state index >= 15 is 0 Å². The third-order valence-corrected chi connectivity index (χ3v) is 7.27. The van der Waals surface area contributed by atoms with Crippen LogP contribution in [-0.4, -0.2) is 54.8 Å². The van der Waals surface area contributed by atoms with Crippen molar-refractivity contribution < 1.29 is 17.9 Å². The van der Waals surface area contributed by atoms with E-state index in [1.54, 1.807) is 0 Å². The number of hydrogen-bond acceptors (Lipinski definition) is 5. The molecule has 3 rings (SSSR count). The lowest BCUT2D eigenvalue weighted by Crippen LogP contribution is -2.37. The van der Waals surface area contributed by atoms with E-state index in [0.717, 1.165) is 11.4 Å². The molecule has 0 saturated carbocycles. The van der Waals surface area contributed by atoms with Crippen LogP contribution in [0.3, 0.4) is 0 Å². The number of carbonyl (C=O) groups is 1. The summed E-state index contributed by atoms with van der Waals surface area (Å²) >= 11 is 6.88. The Morgan fingerprint density at radius 2 is 2.08 bits per heavy atom. The molecule has 0 aromatic heterocycles. The summed E-state index contributed by atoms with van der Waals surface area (Å²) in [6, 6.07) is 7.11. The Morgan fingerprint density at radius 3 is 2.71 bits per heavy atom. The van der Waals surface area contributed by atoms with Gasteiger partial charge in [-0.15, -0.1) is 11.6 Å². The van der Waals surface area contributed by atoms with Crippen LogP contribution in [0.1, 0.15) is 6.92 Å². The van der Waals surface area contributed by atoms with Crippen molar-refractivity contribution in [1.29, 1.82) is 0 Å². The van der Waals surface area contributed by atoms with Gasteiger partial charge < -0.3 is 9.64 Å². The molecule has 24 heavy (non-hydrogen) atoms. The lowest BCUT2D eigenvalue weighted by molar-refractivity contribution is -0.115. The molecule has 0 unspecified atom stereocenters. The van der Waals surface area contributed by atoms with Gasteiger partial charge in [-0.1, -0.05) is 11.8 Å². The molecule has 6 nitrogen and oxygen atoms in total. The predicted octanol–water partition coefficient (Wildman–Crippen LogP) is 1.93. The number of thioether (sulfide) groups is 1. The van der Waals surface area contributed by atoms with Crippen molar-refractivity contribution in [2.24, 2.45) is 4.99 Å². The minimum absolute atomic E-state index is 0.0615. The fraction of sp³-hybridized carbons (Fsp3) is 0.467. The maximum atomic E-state index is 12.0. The zero-order valence-corrected chi connectivity index (χ0v) is 15.4. The van der Waals surface area contributed by atoms with Crippen LogP contribution in [-0.2, 0) is 14.6 Å². The van der Waals surface area contributed by atoms with Crippen LogP contribution in [0, 0.1) is 0 Å². The molecule has 2 atom stereocenters. The van der Waals surface area contributed by atoms with Crippen molar-refractivity contribution in [3.63, 3.8) is 0 Å². The largest absolute Gasteiger partial charge is 0.494 e. The van der Waals surface area contributed by atoms with Gasteiger partial charge in [0.25, 0.3) is 5.91 Å². The van der Waals surface area contributed by atoms with Crippen molar-refractivity contribution in [2.75, 3.05) is 28.9 Å². The van der Waals surface area contributed by atoms with E-state index in [2.05, 4.69) is 4.99 Å². The molecule has 0 radical (unpaired) electrons. The van der Waals surface area contributed by atoms with Crippen LogP contribution in [0.15, 0.2) is 29.3 Å². The molecule has 1 aromatic rings. The zero-order valence-electron chi connectivity index (χ0n) is 13.0. The van der Waals surface area contributed by atoms with Crippen LogP contribution in [0.25, 0.3) is 0 Å². The standard InChI is InChI=1S/C15H17ClN2O4S2/c1-2-22-11-5-3-10(4-6-11)18-12-8-24(20,21)9-13(12)23-15(18)17-14(19)7-16/h3-6,12-13H,2,7-9H2,1H3/t12-,13-/m1/s1. The number of halogens is 1. The fourth-order valence-corrected chi connectivity index (χ4v) is 6.86. The maximum Gasteiger partial charge on any atom is 0.262 e. The van der Waals surface area contributed by atoms with Gasteiger partial charge in [0.1, 0.15) is 11.6 Å². The number of sulfone groups is 1. The van der Waals surface area contributed by atoms with E-state index in [4.69, 9.17) is 16.3 Å². The van der Waals surface area contributed by atoms with E-state index in [-0.39, 0.29) is 28.7 Å². The SMILES string of the molecule is CCOc1ccc(N2C(=NC(=O)CCl)S[C@@H]3CS(=O)(=O)C[C@H]32)cc1. The minimum Gasteiger partial charge on any atom is -0.494 e. The second kappa shape index (κ2) is 6.93. The summed E-state index contributed by atoms with van der Waals surface area (Å²) in [5, 5.41) is 0.387. The van der Waals surface area contributed by atoms with Gasteiger partial charge in [0.15, 0.2) is 15.0 Å². The summed E-state index contributed by atoms with van der Waals surface area (Å²) in [7, 11) is -3.07. The highest BCUT2D eigenvalue weighted by atomic mass is 35.5. The lowest BCUT2D eigenvalue weighted by atomic mass is 10.2. The van der Waals surface area contributed by atoms with E-state index in [1.165, 1.54) is 11.8 Å². The van der Waals surface area contributed by atoms with Crippen molar-refractivity contribution in [2.45, 2.75) is 18.2 Å². The number of hydrogen-bond donors (Lipinski definition) is 0. The Kier molecular flexibility index (Phi) is 5.08. The Labute approximate surface area is 150 Å². The number of alkyl halides is 1. The molecular formula is C15H17ClN2O4S2. The molecule has 9 heteroatoms. The Balaban J connectivity index is 1.95. The summed E-state index contributed by atoms with van der Waals surface area (Å²) in [5.41, 5.74) is 0.789. The molecule has 2 aliphatic rings. The number of rotatable bonds is 4. The van der Waals surface area contributed by atoms with Crippen molar-refractivity contribution in [3.8, 4) is 5.75 Å². The predicted molar refractivity (Wildman–Crippen MR) is 97.1 cm³/mol. The van der Waals surface area contributed by atoms with E-state index in [1.807, 2.05) is 36.1 Å². The number of benzene rings is 1. The molecule has 2 aliphatic heterocycles. The molecular weight excluding hydrogens is 372 g/mol. The molecule has 130 valence electrons. The van der Waals surface area contributed by atoms with E-state index < -0.39 is 15.7 Å². The highest BCUT2D eigenvalue weighted by molar-refractivity contribution is 8.16. The van der Waals surface area contributed by atoms with Crippen LogP contribution in [0.5, 0.6) is 5.75 Å². The smallest absolute Gasteiger partial charge is 0.262 e.